The fourth-order valence-corrected chi connectivity index (χ4v) is 5.20. The third-order valence-electron chi connectivity index (χ3n) is 5.63. The van der Waals surface area contributed by atoms with E-state index in [1.807, 2.05) is 71.6 Å². The maximum absolute atomic E-state index is 13.2. The van der Waals surface area contributed by atoms with E-state index in [1.165, 1.54) is 11.8 Å². The van der Waals surface area contributed by atoms with E-state index in [4.69, 9.17) is 31.2 Å². The van der Waals surface area contributed by atoms with Crippen molar-refractivity contribution in [2.24, 2.45) is 0 Å². The SMILES string of the molecule is O=C1/C(=C/c2cn(-c3ccccc3)nc2-c2ccc3c(c2)OCCO3)SC(=S)N1Cc1ccco1. The summed E-state index contributed by atoms with van der Waals surface area (Å²) in [5, 5.41) is 4.86. The molecule has 0 atom stereocenters. The molecule has 4 heterocycles. The number of para-hydroxylation sites is 1. The van der Waals surface area contributed by atoms with Gasteiger partial charge in [0.2, 0.25) is 0 Å². The van der Waals surface area contributed by atoms with Gasteiger partial charge in [0.15, 0.2) is 11.5 Å². The standard InChI is InChI=1S/C26H19N3O4S2/c30-25-23(35-26(34)28(25)16-20-7-4-10-31-20)14-18-15-29(19-5-2-1-3-6-19)27-24(18)17-8-9-21-22(13-17)33-12-11-32-21/h1-10,13-15H,11-12,16H2/b23-14-. The molecule has 0 radical (unpaired) electrons. The van der Waals surface area contributed by atoms with E-state index in [0.717, 1.165) is 22.5 Å². The molecule has 35 heavy (non-hydrogen) atoms. The first-order chi connectivity index (χ1) is 17.2. The first kappa shape index (κ1) is 21.7. The highest BCUT2D eigenvalue weighted by atomic mass is 32.2. The molecule has 1 fully saturated rings. The van der Waals surface area contributed by atoms with Crippen molar-refractivity contribution < 1.29 is 18.7 Å². The van der Waals surface area contributed by atoms with Crippen LogP contribution in [0.4, 0.5) is 0 Å². The number of thiocarbonyl (C=S) groups is 1. The van der Waals surface area contributed by atoms with Gasteiger partial charge in [0.05, 0.1) is 23.4 Å². The number of hydrogen-bond acceptors (Lipinski definition) is 7. The largest absolute Gasteiger partial charge is 0.486 e. The van der Waals surface area contributed by atoms with Gasteiger partial charge < -0.3 is 13.9 Å². The first-order valence-corrected chi connectivity index (χ1v) is 12.2. The topological polar surface area (TPSA) is 69.7 Å². The van der Waals surface area contributed by atoms with E-state index in [0.29, 0.717) is 46.2 Å². The van der Waals surface area contributed by atoms with Crippen LogP contribution in [-0.2, 0) is 11.3 Å². The summed E-state index contributed by atoms with van der Waals surface area (Å²) in [6, 6.07) is 19.2. The van der Waals surface area contributed by atoms with Gasteiger partial charge in [0, 0.05) is 17.3 Å². The van der Waals surface area contributed by atoms with Gasteiger partial charge in [0.1, 0.15) is 29.0 Å². The molecule has 0 aliphatic carbocycles. The summed E-state index contributed by atoms with van der Waals surface area (Å²) in [4.78, 5) is 15.3. The van der Waals surface area contributed by atoms with Crippen molar-refractivity contribution in [3.8, 4) is 28.4 Å². The summed E-state index contributed by atoms with van der Waals surface area (Å²) >= 11 is 6.77. The van der Waals surface area contributed by atoms with E-state index in [9.17, 15) is 4.79 Å². The smallest absolute Gasteiger partial charge is 0.266 e. The van der Waals surface area contributed by atoms with Crippen LogP contribution in [0.1, 0.15) is 11.3 Å². The van der Waals surface area contributed by atoms with E-state index in [-0.39, 0.29) is 5.91 Å². The highest BCUT2D eigenvalue weighted by Gasteiger charge is 2.33. The quantitative estimate of drug-likeness (QED) is 0.271. The number of fused-ring (bicyclic) bond motifs is 1. The Labute approximate surface area is 210 Å². The van der Waals surface area contributed by atoms with Crippen molar-refractivity contribution in [2.75, 3.05) is 13.2 Å². The molecule has 2 aliphatic heterocycles. The van der Waals surface area contributed by atoms with Crippen LogP contribution >= 0.6 is 24.0 Å². The number of amides is 1. The van der Waals surface area contributed by atoms with E-state index in [2.05, 4.69) is 0 Å². The van der Waals surface area contributed by atoms with Crippen LogP contribution in [0.25, 0.3) is 23.0 Å². The van der Waals surface area contributed by atoms with Gasteiger partial charge in [-0.25, -0.2) is 4.68 Å². The molecule has 9 heteroatoms. The Morgan fingerprint density at radius 1 is 1.03 bits per heavy atom. The van der Waals surface area contributed by atoms with Crippen LogP contribution < -0.4 is 9.47 Å². The highest BCUT2D eigenvalue weighted by Crippen LogP contribution is 2.38. The van der Waals surface area contributed by atoms with Gasteiger partial charge in [-0.15, -0.1) is 0 Å². The van der Waals surface area contributed by atoms with Crippen molar-refractivity contribution in [3.05, 3.63) is 89.4 Å². The van der Waals surface area contributed by atoms with E-state index >= 15 is 0 Å². The lowest BCUT2D eigenvalue weighted by molar-refractivity contribution is -0.122. The lowest BCUT2D eigenvalue weighted by atomic mass is 10.1. The molecule has 4 aromatic rings. The second-order valence-corrected chi connectivity index (χ2v) is 9.59. The van der Waals surface area contributed by atoms with Gasteiger partial charge in [-0.3, -0.25) is 9.69 Å². The third kappa shape index (κ3) is 4.24. The maximum atomic E-state index is 13.2. The Morgan fingerprint density at radius 2 is 1.86 bits per heavy atom. The Hall–Kier alpha value is -3.82. The van der Waals surface area contributed by atoms with Crippen molar-refractivity contribution >= 4 is 40.3 Å². The van der Waals surface area contributed by atoms with Crippen LogP contribution in [0, 0.1) is 0 Å². The fourth-order valence-electron chi connectivity index (χ4n) is 3.96. The van der Waals surface area contributed by atoms with Gasteiger partial charge in [0.25, 0.3) is 5.91 Å². The molecule has 174 valence electrons. The number of benzene rings is 2. The van der Waals surface area contributed by atoms with Crippen LogP contribution in [0.5, 0.6) is 11.5 Å². The summed E-state index contributed by atoms with van der Waals surface area (Å²) in [6.45, 7) is 1.33. The highest BCUT2D eigenvalue weighted by molar-refractivity contribution is 8.26. The normalized spacial score (nSPS) is 16.3. The molecule has 0 bridgehead atoms. The zero-order valence-corrected chi connectivity index (χ0v) is 20.1. The predicted molar refractivity (Wildman–Crippen MR) is 137 cm³/mol. The van der Waals surface area contributed by atoms with Crippen molar-refractivity contribution in [2.45, 2.75) is 6.54 Å². The monoisotopic (exact) mass is 501 g/mol. The number of furan rings is 1. The van der Waals surface area contributed by atoms with Crippen LogP contribution in [-0.4, -0.2) is 38.1 Å². The second kappa shape index (κ2) is 9.09. The lowest BCUT2D eigenvalue weighted by Gasteiger charge is -2.18. The van der Waals surface area contributed by atoms with E-state index in [1.54, 1.807) is 17.2 Å². The van der Waals surface area contributed by atoms with Gasteiger partial charge in [-0.05, 0) is 48.5 Å². The van der Waals surface area contributed by atoms with Gasteiger partial charge in [-0.2, -0.15) is 5.10 Å². The molecule has 0 N–H and O–H groups in total. The molecule has 0 unspecified atom stereocenters. The van der Waals surface area contributed by atoms with Gasteiger partial charge in [-0.1, -0.05) is 42.2 Å². The summed E-state index contributed by atoms with van der Waals surface area (Å²) in [5.41, 5.74) is 3.30. The number of nitrogens with zero attached hydrogens (tertiary/aromatic N) is 3. The molecule has 2 aromatic heterocycles. The molecule has 7 nitrogen and oxygen atoms in total. The average molecular weight is 502 g/mol. The molecule has 2 aliphatic rings. The van der Waals surface area contributed by atoms with Crippen LogP contribution in [0.2, 0.25) is 0 Å². The number of carbonyl (C=O) groups is 1. The molecule has 1 amide bonds. The first-order valence-electron chi connectivity index (χ1n) is 11.0. The average Bonchev–Trinajstić information content (AvgIpc) is 3.62. The molecule has 1 saturated heterocycles. The molecular weight excluding hydrogens is 482 g/mol. The number of aromatic nitrogens is 2. The predicted octanol–water partition coefficient (Wildman–Crippen LogP) is 5.30. The molecule has 2 aromatic carbocycles. The van der Waals surface area contributed by atoms with Crippen LogP contribution in [0.3, 0.4) is 0 Å². The second-order valence-electron chi connectivity index (χ2n) is 7.92. The zero-order chi connectivity index (χ0) is 23.8. The minimum Gasteiger partial charge on any atom is -0.486 e. The summed E-state index contributed by atoms with van der Waals surface area (Å²) in [5.74, 6) is 1.91. The fraction of sp³-hybridized carbons (Fsp3) is 0.115. The number of rotatable bonds is 5. The lowest BCUT2D eigenvalue weighted by Crippen LogP contribution is -2.27. The number of ether oxygens (including phenoxy) is 2. The van der Waals surface area contributed by atoms with Crippen molar-refractivity contribution in [1.82, 2.24) is 14.7 Å². The minimum absolute atomic E-state index is 0.156. The number of thioether (sulfide) groups is 1. The van der Waals surface area contributed by atoms with Crippen molar-refractivity contribution in [1.29, 1.82) is 0 Å². The Morgan fingerprint density at radius 3 is 2.66 bits per heavy atom. The number of hydrogen-bond donors (Lipinski definition) is 0. The summed E-state index contributed by atoms with van der Waals surface area (Å²) in [6.07, 6.45) is 5.35. The molecule has 0 spiro atoms. The summed E-state index contributed by atoms with van der Waals surface area (Å²) < 4.78 is 19.2. The zero-order valence-electron chi connectivity index (χ0n) is 18.4. The van der Waals surface area contributed by atoms with Gasteiger partial charge >= 0.3 is 0 Å². The number of carbonyl (C=O) groups excluding carboxylic acids is 1. The Bertz CT molecular complexity index is 1440. The van der Waals surface area contributed by atoms with E-state index < -0.39 is 0 Å². The molecular formula is C26H19N3O4S2. The maximum Gasteiger partial charge on any atom is 0.266 e. The minimum atomic E-state index is -0.156. The van der Waals surface area contributed by atoms with Crippen molar-refractivity contribution in [3.63, 3.8) is 0 Å². The van der Waals surface area contributed by atoms with Crippen LogP contribution in [0.15, 0.2) is 82.4 Å². The Kier molecular flexibility index (Phi) is 5.63. The third-order valence-corrected chi connectivity index (χ3v) is 7.01. The Balaban J connectivity index is 1.40. The molecule has 6 rings (SSSR count). The molecule has 0 saturated carbocycles. The summed E-state index contributed by atoms with van der Waals surface area (Å²) in [7, 11) is 0.